The number of ether oxygens (including phenoxy) is 2. The molecule has 6 nitrogen and oxygen atoms in total. The van der Waals surface area contributed by atoms with Crippen LogP contribution >= 0.6 is 0 Å². The summed E-state index contributed by atoms with van der Waals surface area (Å²) in [6.45, 7) is 6.96. The number of nitrogens with one attached hydrogen (secondary N) is 1. The van der Waals surface area contributed by atoms with Crippen molar-refractivity contribution in [3.05, 3.63) is 76.8 Å². The third-order valence-corrected chi connectivity index (χ3v) is 6.36. The average Bonchev–Trinajstić information content (AvgIpc) is 3.28. The predicted molar refractivity (Wildman–Crippen MR) is 124 cm³/mol. The molecule has 0 saturated carbocycles. The van der Waals surface area contributed by atoms with E-state index in [-0.39, 0.29) is 18.6 Å². The van der Waals surface area contributed by atoms with Crippen LogP contribution in [0.1, 0.15) is 30.5 Å². The molecule has 1 saturated heterocycles. The lowest BCUT2D eigenvalue weighted by Gasteiger charge is -2.32. The second-order valence-electron chi connectivity index (χ2n) is 9.16. The minimum absolute atomic E-state index is 0.0357. The fourth-order valence-corrected chi connectivity index (χ4v) is 4.69. The van der Waals surface area contributed by atoms with E-state index in [0.29, 0.717) is 35.7 Å². The van der Waals surface area contributed by atoms with E-state index < -0.39 is 11.4 Å². The standard InChI is InChI=1S/C26H27FN2O4/c1-26(2)21(12-23(33-26)24-20-8-7-18(27)11-22(20)28-25(24)31)17-5-3-16(4-6-17)13-29-9-10-32-19(14-29)15-30/h3-8,11-12,19,30H,9-10,13-15H2,1-2H3,(H,28,31). The summed E-state index contributed by atoms with van der Waals surface area (Å²) in [5.74, 6) is -0.195. The van der Waals surface area contributed by atoms with Crippen molar-refractivity contribution in [2.75, 3.05) is 31.6 Å². The number of morpholine rings is 1. The van der Waals surface area contributed by atoms with Gasteiger partial charge in [0.1, 0.15) is 17.2 Å². The molecule has 1 atom stereocenters. The van der Waals surface area contributed by atoms with Crippen LogP contribution in [-0.2, 0) is 20.8 Å². The molecule has 0 bridgehead atoms. The van der Waals surface area contributed by atoms with Crippen molar-refractivity contribution in [3.63, 3.8) is 0 Å². The van der Waals surface area contributed by atoms with Crippen molar-refractivity contribution in [2.24, 2.45) is 0 Å². The SMILES string of the molecule is CC1(C)OC(=C2C(=O)Nc3cc(F)ccc32)C=C1c1ccc(CN2CCOC(CO)C2)cc1. The highest BCUT2D eigenvalue weighted by Gasteiger charge is 2.38. The van der Waals surface area contributed by atoms with Gasteiger partial charge in [-0.2, -0.15) is 0 Å². The predicted octanol–water partition coefficient (Wildman–Crippen LogP) is 3.57. The van der Waals surface area contributed by atoms with E-state index >= 15 is 0 Å². The minimum Gasteiger partial charge on any atom is -0.482 e. The number of halogens is 1. The molecular weight excluding hydrogens is 423 g/mol. The minimum atomic E-state index is -0.620. The largest absolute Gasteiger partial charge is 0.482 e. The number of fused-ring (bicyclic) bond motifs is 1. The van der Waals surface area contributed by atoms with Crippen LogP contribution in [0, 0.1) is 5.82 Å². The van der Waals surface area contributed by atoms with Crippen LogP contribution in [0.2, 0.25) is 0 Å². The number of carbonyl (C=O) groups excluding carboxylic acids is 1. The van der Waals surface area contributed by atoms with Gasteiger partial charge in [-0.3, -0.25) is 9.69 Å². The molecule has 2 aromatic carbocycles. The topological polar surface area (TPSA) is 71.0 Å². The fourth-order valence-electron chi connectivity index (χ4n) is 4.69. The highest BCUT2D eigenvalue weighted by molar-refractivity contribution is 6.32. The van der Waals surface area contributed by atoms with Crippen molar-refractivity contribution < 1.29 is 23.8 Å². The van der Waals surface area contributed by atoms with Gasteiger partial charge in [-0.15, -0.1) is 0 Å². The van der Waals surface area contributed by atoms with E-state index in [1.807, 2.05) is 19.9 Å². The maximum atomic E-state index is 13.6. The maximum absolute atomic E-state index is 13.6. The van der Waals surface area contributed by atoms with Gasteiger partial charge in [-0.05, 0) is 49.2 Å². The van der Waals surface area contributed by atoms with Crippen LogP contribution in [0.25, 0.3) is 11.1 Å². The first kappa shape index (κ1) is 21.8. The van der Waals surface area contributed by atoms with Gasteiger partial charge < -0.3 is 19.9 Å². The summed E-state index contributed by atoms with van der Waals surface area (Å²) in [5.41, 5.74) is 4.09. The van der Waals surface area contributed by atoms with E-state index in [0.717, 1.165) is 24.2 Å². The molecule has 3 aliphatic rings. The first-order valence-corrected chi connectivity index (χ1v) is 11.1. The van der Waals surface area contributed by atoms with E-state index in [9.17, 15) is 14.3 Å². The Morgan fingerprint density at radius 2 is 2.00 bits per heavy atom. The van der Waals surface area contributed by atoms with Crippen LogP contribution in [-0.4, -0.2) is 53.9 Å². The Morgan fingerprint density at radius 3 is 2.76 bits per heavy atom. The van der Waals surface area contributed by atoms with E-state index in [1.54, 1.807) is 6.07 Å². The number of hydrogen-bond donors (Lipinski definition) is 2. The lowest BCUT2D eigenvalue weighted by molar-refractivity contribution is -0.111. The highest BCUT2D eigenvalue weighted by atomic mass is 19.1. The summed E-state index contributed by atoms with van der Waals surface area (Å²) >= 11 is 0. The van der Waals surface area contributed by atoms with Gasteiger partial charge >= 0.3 is 0 Å². The zero-order valence-corrected chi connectivity index (χ0v) is 18.7. The lowest BCUT2D eigenvalue weighted by Crippen LogP contribution is -2.43. The fraction of sp³-hybridized carbons (Fsp3) is 0.346. The Morgan fingerprint density at radius 1 is 1.21 bits per heavy atom. The molecule has 0 aromatic heterocycles. The Bertz CT molecular complexity index is 1150. The molecule has 2 N–H and O–H groups in total. The highest BCUT2D eigenvalue weighted by Crippen LogP contribution is 2.44. The summed E-state index contributed by atoms with van der Waals surface area (Å²) in [6, 6.07) is 12.6. The summed E-state index contributed by atoms with van der Waals surface area (Å²) in [5, 5.41) is 12.1. The van der Waals surface area contributed by atoms with Gasteiger partial charge in [0.25, 0.3) is 5.91 Å². The first-order chi connectivity index (χ1) is 15.8. The van der Waals surface area contributed by atoms with Crippen LogP contribution in [0.5, 0.6) is 0 Å². The molecule has 33 heavy (non-hydrogen) atoms. The monoisotopic (exact) mass is 450 g/mol. The number of nitrogens with zero attached hydrogens (tertiary/aromatic N) is 1. The number of aliphatic hydroxyl groups excluding tert-OH is 1. The van der Waals surface area contributed by atoms with Crippen molar-refractivity contribution in [1.29, 1.82) is 0 Å². The molecule has 3 heterocycles. The van der Waals surface area contributed by atoms with Gasteiger partial charge in [0, 0.05) is 30.8 Å². The van der Waals surface area contributed by atoms with E-state index in [4.69, 9.17) is 9.47 Å². The van der Waals surface area contributed by atoms with Gasteiger partial charge in [-0.1, -0.05) is 24.3 Å². The molecule has 3 aliphatic heterocycles. The number of allylic oxidation sites excluding steroid dienone is 1. The number of anilines is 1. The number of amides is 1. The summed E-state index contributed by atoms with van der Waals surface area (Å²) in [6.07, 6.45) is 1.79. The Kier molecular flexibility index (Phi) is 5.56. The van der Waals surface area contributed by atoms with E-state index in [1.165, 1.54) is 17.7 Å². The third-order valence-electron chi connectivity index (χ3n) is 6.36. The summed E-state index contributed by atoms with van der Waals surface area (Å²) in [7, 11) is 0. The smallest absolute Gasteiger partial charge is 0.260 e. The lowest BCUT2D eigenvalue weighted by atomic mass is 9.91. The molecule has 1 amide bonds. The zero-order chi connectivity index (χ0) is 23.2. The van der Waals surface area contributed by atoms with Gasteiger partial charge in [0.05, 0.1) is 30.6 Å². The van der Waals surface area contributed by atoms with Crippen molar-refractivity contribution >= 4 is 22.7 Å². The summed E-state index contributed by atoms with van der Waals surface area (Å²) < 4.78 is 25.3. The Labute approximate surface area is 192 Å². The van der Waals surface area contributed by atoms with Gasteiger partial charge in [-0.25, -0.2) is 4.39 Å². The number of carbonyl (C=O) groups is 1. The molecule has 1 unspecified atom stereocenters. The van der Waals surface area contributed by atoms with Crippen molar-refractivity contribution in [1.82, 2.24) is 4.90 Å². The Balaban J connectivity index is 1.41. The molecule has 0 spiro atoms. The Hall–Kier alpha value is -3.00. The van der Waals surface area contributed by atoms with Crippen LogP contribution in [0.4, 0.5) is 10.1 Å². The van der Waals surface area contributed by atoms with Crippen LogP contribution < -0.4 is 5.32 Å². The molecule has 172 valence electrons. The molecule has 5 rings (SSSR count). The second-order valence-corrected chi connectivity index (χ2v) is 9.16. The van der Waals surface area contributed by atoms with E-state index in [2.05, 4.69) is 34.5 Å². The maximum Gasteiger partial charge on any atom is 0.260 e. The molecular formula is C26H27FN2O4. The summed E-state index contributed by atoms with van der Waals surface area (Å²) in [4.78, 5) is 14.9. The molecule has 2 aromatic rings. The zero-order valence-electron chi connectivity index (χ0n) is 18.7. The number of aliphatic hydroxyl groups is 1. The molecule has 1 fully saturated rings. The third kappa shape index (κ3) is 4.19. The number of hydrogen-bond acceptors (Lipinski definition) is 5. The van der Waals surface area contributed by atoms with Crippen molar-refractivity contribution in [3.8, 4) is 0 Å². The molecule has 7 heteroatoms. The van der Waals surface area contributed by atoms with Crippen LogP contribution in [0.15, 0.2) is 54.3 Å². The van der Waals surface area contributed by atoms with Crippen LogP contribution in [0.3, 0.4) is 0 Å². The number of rotatable bonds is 4. The van der Waals surface area contributed by atoms with Gasteiger partial charge in [0.15, 0.2) is 0 Å². The molecule has 0 radical (unpaired) electrons. The number of benzene rings is 2. The average molecular weight is 451 g/mol. The second kappa shape index (κ2) is 8.41. The van der Waals surface area contributed by atoms with Gasteiger partial charge in [0.2, 0.25) is 0 Å². The quantitative estimate of drug-likeness (QED) is 0.697. The normalized spacial score (nSPS) is 24.3. The molecule has 0 aliphatic carbocycles. The first-order valence-electron chi connectivity index (χ1n) is 11.1. The van der Waals surface area contributed by atoms with Crippen molar-refractivity contribution in [2.45, 2.75) is 32.1 Å².